The molecule has 0 bridgehead atoms. The summed E-state index contributed by atoms with van der Waals surface area (Å²) < 4.78 is 2.48. The first kappa shape index (κ1) is 24.0. The molecule has 9 heteroatoms. The van der Waals surface area contributed by atoms with Crippen LogP contribution in [0.2, 0.25) is 0 Å². The lowest BCUT2D eigenvalue weighted by Gasteiger charge is -2.35. The van der Waals surface area contributed by atoms with E-state index in [9.17, 15) is 9.59 Å². The molecule has 1 aliphatic rings. The number of carbonyl (C=O) groups is 2. The molecule has 1 aliphatic heterocycles. The van der Waals surface area contributed by atoms with E-state index in [0.29, 0.717) is 39.8 Å². The number of aryl methyl sites for hydroxylation is 1. The molecule has 1 saturated heterocycles. The molecule has 0 aliphatic carbocycles. The van der Waals surface area contributed by atoms with E-state index in [1.165, 1.54) is 17.0 Å². The van der Waals surface area contributed by atoms with Crippen LogP contribution < -0.4 is 10.2 Å². The summed E-state index contributed by atoms with van der Waals surface area (Å²) in [5, 5.41) is 8.06. The number of hydrogen-bond acceptors (Lipinski definition) is 6. The van der Waals surface area contributed by atoms with Crippen LogP contribution in [0.3, 0.4) is 0 Å². The van der Waals surface area contributed by atoms with Gasteiger partial charge in [0, 0.05) is 37.4 Å². The number of thiazole rings is 1. The Labute approximate surface area is 214 Å². The molecule has 5 rings (SSSR count). The van der Waals surface area contributed by atoms with E-state index in [4.69, 9.17) is 5.10 Å². The van der Waals surface area contributed by atoms with Crippen LogP contribution in [0.4, 0.5) is 10.8 Å². The summed E-state index contributed by atoms with van der Waals surface area (Å²) in [4.78, 5) is 35.2. The van der Waals surface area contributed by atoms with E-state index in [0.717, 1.165) is 18.7 Å². The number of nitrogens with zero attached hydrogens (tertiary/aromatic N) is 5. The Morgan fingerprint density at radius 2 is 1.61 bits per heavy atom. The number of fused-ring (bicyclic) bond motifs is 1. The van der Waals surface area contributed by atoms with Crippen molar-refractivity contribution in [3.8, 4) is 0 Å². The van der Waals surface area contributed by atoms with Gasteiger partial charge < -0.3 is 9.80 Å². The van der Waals surface area contributed by atoms with Crippen LogP contribution >= 0.6 is 11.3 Å². The smallest absolute Gasteiger partial charge is 0.276 e. The Morgan fingerprint density at radius 1 is 0.944 bits per heavy atom. The molecule has 0 spiro atoms. The maximum atomic E-state index is 13.6. The van der Waals surface area contributed by atoms with E-state index < -0.39 is 0 Å². The molecule has 0 atom stereocenters. The largest absolute Gasteiger partial charge is 0.368 e. The monoisotopic (exact) mass is 502 g/mol. The van der Waals surface area contributed by atoms with Crippen molar-refractivity contribution in [1.29, 1.82) is 0 Å². The number of amides is 2. The number of carbonyl (C=O) groups excluding carboxylic acids is 2. The zero-order chi connectivity index (χ0) is 25.4. The fraction of sp³-hybridized carbons (Fsp3) is 0.333. The molecule has 36 heavy (non-hydrogen) atoms. The highest BCUT2D eigenvalue weighted by Gasteiger charge is 2.31. The van der Waals surface area contributed by atoms with Crippen molar-refractivity contribution in [2.75, 3.05) is 36.4 Å². The Balaban J connectivity index is 1.39. The van der Waals surface area contributed by atoms with Gasteiger partial charge in [0.15, 0.2) is 16.5 Å². The van der Waals surface area contributed by atoms with E-state index >= 15 is 0 Å². The number of piperazine rings is 1. The Bertz CT molecular complexity index is 1390. The van der Waals surface area contributed by atoms with Crippen LogP contribution in [-0.2, 0) is 5.54 Å². The molecule has 0 unspecified atom stereocenters. The summed E-state index contributed by atoms with van der Waals surface area (Å²) in [6.45, 7) is 10.8. The van der Waals surface area contributed by atoms with E-state index in [1.54, 1.807) is 16.8 Å². The molecule has 186 valence electrons. The van der Waals surface area contributed by atoms with E-state index in [-0.39, 0.29) is 17.4 Å². The van der Waals surface area contributed by atoms with E-state index in [2.05, 4.69) is 27.3 Å². The van der Waals surface area contributed by atoms with Gasteiger partial charge in [-0.1, -0.05) is 47.2 Å². The fourth-order valence-electron chi connectivity index (χ4n) is 4.29. The number of para-hydroxylation sites is 1. The SMILES string of the molecule is Cc1ccc(C(=O)Nc2nc3c(s2)c(C(=O)N2CCN(c4ccccc4)CC2)nn3C(C)(C)C)cc1. The second kappa shape index (κ2) is 9.39. The van der Waals surface area contributed by atoms with Crippen LogP contribution in [0.1, 0.15) is 47.2 Å². The standard InChI is InChI=1S/C27H30N6O2S/c1-18-10-12-19(13-11-18)24(34)29-26-28-23-22(36-26)21(30-33(23)27(2,3)4)25(35)32-16-14-31(15-17-32)20-8-6-5-7-9-20/h5-13H,14-17H2,1-4H3,(H,28,29,34). The van der Waals surface area contributed by atoms with Gasteiger partial charge in [0.25, 0.3) is 11.8 Å². The van der Waals surface area contributed by atoms with Crippen LogP contribution in [0.25, 0.3) is 10.3 Å². The highest BCUT2D eigenvalue weighted by atomic mass is 32.1. The van der Waals surface area contributed by atoms with Crippen molar-refractivity contribution in [1.82, 2.24) is 19.7 Å². The van der Waals surface area contributed by atoms with Gasteiger partial charge in [-0.05, 0) is 52.0 Å². The summed E-state index contributed by atoms with van der Waals surface area (Å²) >= 11 is 1.29. The summed E-state index contributed by atoms with van der Waals surface area (Å²) in [5.74, 6) is -0.331. The van der Waals surface area contributed by atoms with Gasteiger partial charge in [0.1, 0.15) is 4.70 Å². The summed E-state index contributed by atoms with van der Waals surface area (Å²) in [7, 11) is 0. The van der Waals surface area contributed by atoms with Crippen LogP contribution in [0, 0.1) is 6.92 Å². The minimum Gasteiger partial charge on any atom is -0.368 e. The summed E-state index contributed by atoms with van der Waals surface area (Å²) in [6, 6.07) is 17.6. The normalized spacial score (nSPS) is 14.3. The molecule has 1 N–H and O–H groups in total. The van der Waals surface area contributed by atoms with Crippen molar-refractivity contribution in [3.05, 3.63) is 71.4 Å². The van der Waals surface area contributed by atoms with Crippen molar-refractivity contribution >= 4 is 44.3 Å². The van der Waals surface area contributed by atoms with Crippen molar-refractivity contribution in [3.63, 3.8) is 0 Å². The van der Waals surface area contributed by atoms with Crippen LogP contribution in [-0.4, -0.2) is 57.7 Å². The minimum atomic E-state index is -0.380. The predicted octanol–water partition coefficient (Wildman–Crippen LogP) is 4.77. The Kier molecular flexibility index (Phi) is 6.26. The van der Waals surface area contributed by atoms with Crippen LogP contribution in [0.5, 0.6) is 0 Å². The topological polar surface area (TPSA) is 83.4 Å². The minimum absolute atomic E-state index is 0.101. The first-order chi connectivity index (χ1) is 17.2. The third-order valence-corrected chi connectivity index (χ3v) is 7.25. The zero-order valence-corrected chi connectivity index (χ0v) is 21.8. The third kappa shape index (κ3) is 4.70. The zero-order valence-electron chi connectivity index (χ0n) is 21.0. The molecule has 4 aromatic rings. The molecule has 3 heterocycles. The summed E-state index contributed by atoms with van der Waals surface area (Å²) in [5.41, 5.74) is 3.43. The third-order valence-electron chi connectivity index (χ3n) is 6.29. The van der Waals surface area contributed by atoms with Gasteiger partial charge >= 0.3 is 0 Å². The van der Waals surface area contributed by atoms with Crippen molar-refractivity contribution < 1.29 is 9.59 Å². The van der Waals surface area contributed by atoms with Gasteiger partial charge in [0.2, 0.25) is 0 Å². The Morgan fingerprint density at radius 3 is 2.25 bits per heavy atom. The molecular formula is C27H30N6O2S. The van der Waals surface area contributed by atoms with Crippen molar-refractivity contribution in [2.24, 2.45) is 0 Å². The second-order valence-corrected chi connectivity index (χ2v) is 11.0. The molecule has 1 fully saturated rings. The van der Waals surface area contributed by atoms with Gasteiger partial charge in [-0.2, -0.15) is 10.1 Å². The number of rotatable bonds is 4. The molecule has 0 saturated carbocycles. The van der Waals surface area contributed by atoms with Crippen LogP contribution in [0.15, 0.2) is 54.6 Å². The number of hydrogen-bond donors (Lipinski definition) is 1. The van der Waals surface area contributed by atoms with Gasteiger partial charge in [-0.25, -0.2) is 4.68 Å². The average Bonchev–Trinajstić information content (AvgIpc) is 3.43. The first-order valence-electron chi connectivity index (χ1n) is 12.1. The predicted molar refractivity (Wildman–Crippen MR) is 144 cm³/mol. The lowest BCUT2D eigenvalue weighted by Crippen LogP contribution is -2.49. The molecule has 2 aromatic carbocycles. The maximum absolute atomic E-state index is 13.6. The first-order valence-corrected chi connectivity index (χ1v) is 12.9. The molecule has 8 nitrogen and oxygen atoms in total. The van der Waals surface area contributed by atoms with Gasteiger partial charge in [-0.15, -0.1) is 0 Å². The lowest BCUT2D eigenvalue weighted by molar-refractivity contribution is 0.0741. The second-order valence-electron chi connectivity index (χ2n) is 10.0. The Hall–Kier alpha value is -3.72. The summed E-state index contributed by atoms with van der Waals surface area (Å²) in [6.07, 6.45) is 0. The number of nitrogens with one attached hydrogen (secondary N) is 1. The molecular weight excluding hydrogens is 472 g/mol. The number of anilines is 2. The lowest BCUT2D eigenvalue weighted by atomic mass is 10.1. The highest BCUT2D eigenvalue weighted by Crippen LogP contribution is 2.33. The number of benzene rings is 2. The fourth-order valence-corrected chi connectivity index (χ4v) is 5.21. The molecule has 0 radical (unpaired) electrons. The van der Waals surface area contributed by atoms with Gasteiger partial charge in [-0.3, -0.25) is 14.9 Å². The average molecular weight is 503 g/mol. The maximum Gasteiger partial charge on any atom is 0.276 e. The molecule has 2 amide bonds. The molecule has 2 aromatic heterocycles. The highest BCUT2D eigenvalue weighted by molar-refractivity contribution is 7.22. The quantitative estimate of drug-likeness (QED) is 0.435. The van der Waals surface area contributed by atoms with E-state index in [1.807, 2.05) is 62.9 Å². The van der Waals surface area contributed by atoms with Gasteiger partial charge in [0.05, 0.1) is 5.54 Å². The number of aromatic nitrogens is 3. The van der Waals surface area contributed by atoms with Crippen molar-refractivity contribution in [2.45, 2.75) is 33.2 Å².